The van der Waals surface area contributed by atoms with Crippen LogP contribution in [0.15, 0.2) is 91.3 Å². The molecule has 0 aliphatic carbocycles. The maximum absolute atomic E-state index is 12.8. The molecular formula is C24H21N3O2. The second kappa shape index (κ2) is 8.02. The molecule has 0 radical (unpaired) electrons. The van der Waals surface area contributed by atoms with Gasteiger partial charge in [0.05, 0.1) is 6.54 Å². The summed E-state index contributed by atoms with van der Waals surface area (Å²) in [5, 5.41) is 4.94. The number of carbonyl (C=O) groups is 2. The summed E-state index contributed by atoms with van der Waals surface area (Å²) in [6.45, 7) is -0.0319. The van der Waals surface area contributed by atoms with E-state index in [2.05, 4.69) is 5.32 Å². The number of hydrogen-bond acceptors (Lipinski definition) is 2. The Balaban J connectivity index is 1.46. The number of rotatable bonds is 5. The molecule has 0 bridgehead atoms. The number of aromatic nitrogens is 1. The van der Waals surface area contributed by atoms with E-state index in [0.717, 1.165) is 22.1 Å². The van der Waals surface area contributed by atoms with Crippen molar-refractivity contribution in [3.8, 4) is 5.69 Å². The Morgan fingerprint density at radius 2 is 1.62 bits per heavy atom. The first-order valence-electron chi connectivity index (χ1n) is 9.38. The van der Waals surface area contributed by atoms with Gasteiger partial charge in [-0.2, -0.15) is 0 Å². The molecule has 0 spiro atoms. The largest absolute Gasteiger partial charge is 0.332 e. The van der Waals surface area contributed by atoms with Crippen LogP contribution in [0.3, 0.4) is 0 Å². The lowest BCUT2D eigenvalue weighted by Crippen LogP contribution is -2.35. The van der Waals surface area contributed by atoms with Gasteiger partial charge in [0.25, 0.3) is 5.91 Å². The van der Waals surface area contributed by atoms with Crippen LogP contribution in [0, 0.1) is 0 Å². The highest BCUT2D eigenvalue weighted by molar-refractivity contribution is 6.04. The van der Waals surface area contributed by atoms with Crippen molar-refractivity contribution in [2.45, 2.75) is 0 Å². The Kier molecular flexibility index (Phi) is 5.12. The Hall–Kier alpha value is -3.86. The maximum atomic E-state index is 12.8. The van der Waals surface area contributed by atoms with Crippen LogP contribution < -0.4 is 5.32 Å². The van der Waals surface area contributed by atoms with Crippen LogP contribution in [0.1, 0.15) is 10.4 Å². The summed E-state index contributed by atoms with van der Waals surface area (Å²) < 4.78 is 1.93. The zero-order valence-electron chi connectivity index (χ0n) is 16.1. The average molecular weight is 383 g/mol. The summed E-state index contributed by atoms with van der Waals surface area (Å²) in [5.41, 5.74) is 2.18. The maximum Gasteiger partial charge on any atom is 0.254 e. The molecule has 4 rings (SSSR count). The molecule has 0 saturated heterocycles. The van der Waals surface area contributed by atoms with E-state index < -0.39 is 0 Å². The number of nitrogens with one attached hydrogen (secondary N) is 1. The molecule has 3 aromatic carbocycles. The number of amides is 2. The highest BCUT2D eigenvalue weighted by Gasteiger charge is 2.16. The number of hydrogen-bond donors (Lipinski definition) is 1. The second-order valence-electron chi connectivity index (χ2n) is 6.88. The van der Waals surface area contributed by atoms with Crippen LogP contribution in [0.25, 0.3) is 16.5 Å². The Morgan fingerprint density at radius 3 is 2.45 bits per heavy atom. The van der Waals surface area contributed by atoms with Crippen molar-refractivity contribution < 1.29 is 9.59 Å². The van der Waals surface area contributed by atoms with Gasteiger partial charge in [-0.3, -0.25) is 9.59 Å². The molecule has 1 N–H and O–H groups in total. The summed E-state index contributed by atoms with van der Waals surface area (Å²) >= 11 is 0. The molecule has 5 heteroatoms. The van der Waals surface area contributed by atoms with Gasteiger partial charge in [0.1, 0.15) is 0 Å². The van der Waals surface area contributed by atoms with Crippen molar-refractivity contribution in [1.29, 1.82) is 0 Å². The number of benzene rings is 3. The zero-order chi connectivity index (χ0) is 20.2. The number of anilines is 1. The van der Waals surface area contributed by atoms with Gasteiger partial charge in [0, 0.05) is 41.8 Å². The zero-order valence-corrected chi connectivity index (χ0v) is 16.1. The fraction of sp³-hybridized carbons (Fsp3) is 0.0833. The highest BCUT2D eigenvalue weighted by Crippen LogP contribution is 2.23. The summed E-state index contributed by atoms with van der Waals surface area (Å²) in [5.74, 6) is -0.439. The predicted octanol–water partition coefficient (Wildman–Crippen LogP) is 4.34. The van der Waals surface area contributed by atoms with E-state index >= 15 is 0 Å². The Labute approximate surface area is 169 Å². The van der Waals surface area contributed by atoms with Gasteiger partial charge in [-0.1, -0.05) is 42.5 Å². The van der Waals surface area contributed by atoms with Crippen molar-refractivity contribution in [3.05, 3.63) is 96.8 Å². The van der Waals surface area contributed by atoms with Crippen LogP contribution >= 0.6 is 0 Å². The molecule has 144 valence electrons. The van der Waals surface area contributed by atoms with Gasteiger partial charge < -0.3 is 14.8 Å². The average Bonchev–Trinajstić information content (AvgIpc) is 3.28. The van der Waals surface area contributed by atoms with Crippen molar-refractivity contribution in [1.82, 2.24) is 9.47 Å². The molecule has 0 aliphatic rings. The van der Waals surface area contributed by atoms with E-state index in [1.807, 2.05) is 89.8 Å². The van der Waals surface area contributed by atoms with Gasteiger partial charge in [-0.05, 0) is 41.8 Å². The summed E-state index contributed by atoms with van der Waals surface area (Å²) in [7, 11) is 1.63. The van der Waals surface area contributed by atoms with E-state index in [1.165, 1.54) is 4.90 Å². The van der Waals surface area contributed by atoms with Gasteiger partial charge in [0.15, 0.2) is 0 Å². The lowest BCUT2D eigenvalue weighted by Gasteiger charge is -2.18. The summed E-state index contributed by atoms with van der Waals surface area (Å²) in [6.07, 6.45) is 3.84. The standard InChI is InChI=1S/C24H21N3O2/c1-26(24(29)19-10-6-11-20(16-19)27-14-4-5-15-27)17-23(28)25-22-13-7-9-18-8-2-3-12-21(18)22/h2-16H,17H2,1H3,(H,25,28). The Bertz CT molecular complexity index is 1160. The third-order valence-electron chi connectivity index (χ3n) is 4.79. The third-order valence-corrected chi connectivity index (χ3v) is 4.79. The van der Waals surface area contributed by atoms with Crippen molar-refractivity contribution in [2.24, 2.45) is 0 Å². The number of likely N-dealkylation sites (N-methyl/N-ethyl adjacent to an activating group) is 1. The number of fused-ring (bicyclic) bond motifs is 1. The molecule has 2 amide bonds. The van der Waals surface area contributed by atoms with Crippen LogP contribution in [-0.2, 0) is 4.79 Å². The normalized spacial score (nSPS) is 10.7. The van der Waals surface area contributed by atoms with Crippen LogP contribution in [0.2, 0.25) is 0 Å². The van der Waals surface area contributed by atoms with E-state index in [-0.39, 0.29) is 18.4 Å². The van der Waals surface area contributed by atoms with Crippen molar-refractivity contribution >= 4 is 28.3 Å². The third kappa shape index (κ3) is 4.04. The van der Waals surface area contributed by atoms with E-state index in [1.54, 1.807) is 13.1 Å². The van der Waals surface area contributed by atoms with E-state index in [4.69, 9.17) is 0 Å². The molecule has 29 heavy (non-hydrogen) atoms. The minimum Gasteiger partial charge on any atom is -0.332 e. The Morgan fingerprint density at radius 1 is 0.897 bits per heavy atom. The molecular weight excluding hydrogens is 362 g/mol. The van der Waals surface area contributed by atoms with E-state index in [0.29, 0.717) is 5.56 Å². The highest BCUT2D eigenvalue weighted by atomic mass is 16.2. The van der Waals surface area contributed by atoms with E-state index in [9.17, 15) is 9.59 Å². The fourth-order valence-corrected chi connectivity index (χ4v) is 3.34. The molecule has 0 unspecified atom stereocenters. The summed E-state index contributed by atoms with van der Waals surface area (Å²) in [6, 6.07) is 24.8. The smallest absolute Gasteiger partial charge is 0.254 e. The van der Waals surface area contributed by atoms with Crippen molar-refractivity contribution in [2.75, 3.05) is 18.9 Å². The first-order chi connectivity index (χ1) is 14.1. The monoisotopic (exact) mass is 383 g/mol. The van der Waals surface area contributed by atoms with Gasteiger partial charge in [-0.25, -0.2) is 0 Å². The number of nitrogens with zero attached hydrogens (tertiary/aromatic N) is 2. The minimum atomic E-state index is -0.237. The lowest BCUT2D eigenvalue weighted by atomic mass is 10.1. The molecule has 1 heterocycles. The fourth-order valence-electron chi connectivity index (χ4n) is 3.34. The first-order valence-corrected chi connectivity index (χ1v) is 9.38. The second-order valence-corrected chi connectivity index (χ2v) is 6.88. The van der Waals surface area contributed by atoms with Gasteiger partial charge in [0.2, 0.25) is 5.91 Å². The van der Waals surface area contributed by atoms with Gasteiger partial charge in [-0.15, -0.1) is 0 Å². The SMILES string of the molecule is CN(CC(=O)Nc1cccc2ccccc12)C(=O)c1cccc(-n2cccc2)c1. The molecule has 5 nitrogen and oxygen atoms in total. The molecule has 4 aromatic rings. The van der Waals surface area contributed by atoms with Crippen molar-refractivity contribution in [3.63, 3.8) is 0 Å². The van der Waals surface area contributed by atoms with Crippen LogP contribution in [0.5, 0.6) is 0 Å². The molecule has 1 aromatic heterocycles. The van der Waals surface area contributed by atoms with Crippen LogP contribution in [0.4, 0.5) is 5.69 Å². The van der Waals surface area contributed by atoms with Crippen LogP contribution in [-0.4, -0.2) is 34.9 Å². The summed E-state index contributed by atoms with van der Waals surface area (Å²) in [4.78, 5) is 26.8. The minimum absolute atomic E-state index is 0.0319. The quantitative estimate of drug-likeness (QED) is 0.557. The number of carbonyl (C=O) groups excluding carboxylic acids is 2. The van der Waals surface area contributed by atoms with Gasteiger partial charge >= 0.3 is 0 Å². The molecule has 0 aliphatic heterocycles. The first kappa shape index (κ1) is 18.5. The molecule has 0 atom stereocenters. The molecule has 0 fully saturated rings. The topological polar surface area (TPSA) is 54.3 Å². The lowest BCUT2D eigenvalue weighted by molar-refractivity contribution is -0.116. The predicted molar refractivity (Wildman–Crippen MR) is 115 cm³/mol. The molecule has 0 saturated carbocycles.